The number of fused-ring (bicyclic) bond motifs is 3. The first-order chi connectivity index (χ1) is 19.7. The molecule has 0 saturated carbocycles. The van der Waals surface area contributed by atoms with Gasteiger partial charge in [-0.2, -0.15) is 23.4 Å². The molecule has 5 aromatic rings. The van der Waals surface area contributed by atoms with Crippen molar-refractivity contribution in [1.82, 2.24) is 24.6 Å². The Morgan fingerprint density at radius 3 is 2.56 bits per heavy atom. The number of aromatic nitrogens is 5. The molecule has 6 rings (SSSR count). The van der Waals surface area contributed by atoms with Gasteiger partial charge in [-0.15, -0.1) is 0 Å². The molecule has 0 atom stereocenters. The van der Waals surface area contributed by atoms with E-state index in [9.17, 15) is 13.2 Å². The first kappa shape index (κ1) is 26.7. The zero-order valence-corrected chi connectivity index (χ0v) is 22.0. The number of benzene rings is 2. The van der Waals surface area contributed by atoms with Crippen LogP contribution in [-0.2, 0) is 6.18 Å². The fourth-order valence-electron chi connectivity index (χ4n) is 5.02. The maximum Gasteiger partial charge on any atom is 0.433 e. The second-order valence-corrected chi connectivity index (χ2v) is 10.1. The molecule has 1 aliphatic rings. The summed E-state index contributed by atoms with van der Waals surface area (Å²) < 4.78 is 61.7. The van der Waals surface area contributed by atoms with Gasteiger partial charge in [0.25, 0.3) is 0 Å². The number of ether oxygens (including phenoxy) is 1. The molecule has 0 radical (unpaired) electrons. The Labute approximate surface area is 235 Å². The van der Waals surface area contributed by atoms with E-state index < -0.39 is 23.7 Å². The van der Waals surface area contributed by atoms with Crippen LogP contribution in [0.5, 0.6) is 11.8 Å². The van der Waals surface area contributed by atoms with Crippen molar-refractivity contribution in [2.24, 2.45) is 5.92 Å². The Hall–Kier alpha value is -4.50. The third kappa shape index (κ3) is 5.20. The number of nitrogens with zero attached hydrogens (tertiary/aromatic N) is 7. The van der Waals surface area contributed by atoms with Crippen molar-refractivity contribution in [3.05, 3.63) is 71.7 Å². The molecule has 0 unspecified atom stereocenters. The fraction of sp³-hybridized carbons (Fsp3) is 0.250. The minimum Gasteiger partial charge on any atom is -0.424 e. The number of rotatable bonds is 5. The van der Waals surface area contributed by atoms with Gasteiger partial charge in [-0.3, -0.25) is 4.98 Å². The van der Waals surface area contributed by atoms with E-state index in [1.54, 1.807) is 18.6 Å². The van der Waals surface area contributed by atoms with E-state index >= 15 is 4.39 Å². The maximum atomic E-state index is 15.4. The minimum absolute atomic E-state index is 0.0844. The van der Waals surface area contributed by atoms with Crippen LogP contribution >= 0.6 is 11.6 Å². The molecule has 2 aromatic carbocycles. The Bertz CT molecular complexity index is 1810. The Morgan fingerprint density at radius 2 is 1.83 bits per heavy atom. The van der Waals surface area contributed by atoms with Gasteiger partial charge in [-0.1, -0.05) is 11.6 Å². The minimum atomic E-state index is -4.65. The molecule has 1 saturated heterocycles. The molecule has 0 bridgehead atoms. The number of imidazole rings is 1. The average Bonchev–Trinajstić information content (AvgIpc) is 3.38. The van der Waals surface area contributed by atoms with Crippen molar-refractivity contribution in [1.29, 1.82) is 5.26 Å². The number of pyridine rings is 1. The number of piperidine rings is 1. The van der Waals surface area contributed by atoms with E-state index in [1.165, 1.54) is 24.3 Å². The summed E-state index contributed by atoms with van der Waals surface area (Å²) in [6.45, 7) is 1.50. The van der Waals surface area contributed by atoms with Crippen molar-refractivity contribution in [3.8, 4) is 29.0 Å². The quantitative estimate of drug-likeness (QED) is 0.208. The second kappa shape index (κ2) is 10.5. The smallest absolute Gasteiger partial charge is 0.424 e. The molecule has 13 heteroatoms. The number of alkyl halides is 3. The van der Waals surface area contributed by atoms with Crippen molar-refractivity contribution < 1.29 is 22.3 Å². The van der Waals surface area contributed by atoms with Crippen LogP contribution in [0, 0.1) is 23.1 Å². The van der Waals surface area contributed by atoms with Crippen LogP contribution in [-0.4, -0.2) is 37.7 Å². The van der Waals surface area contributed by atoms with E-state index in [1.807, 2.05) is 4.68 Å². The van der Waals surface area contributed by atoms with Crippen LogP contribution in [0.4, 0.5) is 17.6 Å². The third-order valence-electron chi connectivity index (χ3n) is 7.08. The molecule has 3 aromatic heterocycles. The van der Waals surface area contributed by atoms with Crippen LogP contribution < -0.4 is 9.75 Å². The maximum absolute atomic E-state index is 15.4. The van der Waals surface area contributed by atoms with Gasteiger partial charge in [0.05, 0.1) is 22.8 Å². The highest BCUT2D eigenvalue weighted by Gasteiger charge is 2.33. The molecule has 0 aliphatic carbocycles. The molecule has 41 heavy (non-hydrogen) atoms. The van der Waals surface area contributed by atoms with Crippen molar-refractivity contribution in [2.45, 2.75) is 25.4 Å². The van der Waals surface area contributed by atoms with Gasteiger partial charge < -0.3 is 9.75 Å². The van der Waals surface area contributed by atoms with Crippen molar-refractivity contribution >= 4 is 33.5 Å². The van der Waals surface area contributed by atoms with E-state index in [0.29, 0.717) is 34.3 Å². The predicted octanol–water partition coefficient (Wildman–Crippen LogP) is 6.91. The van der Waals surface area contributed by atoms with Gasteiger partial charge in [0.2, 0.25) is 0 Å². The zero-order chi connectivity index (χ0) is 28.7. The predicted molar refractivity (Wildman–Crippen MR) is 143 cm³/mol. The highest BCUT2D eigenvalue weighted by Crippen LogP contribution is 2.37. The van der Waals surface area contributed by atoms with Crippen LogP contribution in [0.2, 0.25) is 5.02 Å². The van der Waals surface area contributed by atoms with E-state index in [2.05, 4.69) is 31.0 Å². The monoisotopic (exact) mass is 581 g/mol. The summed E-state index contributed by atoms with van der Waals surface area (Å²) in [6, 6.07) is 9.80. The Balaban J connectivity index is 1.35. The van der Waals surface area contributed by atoms with Gasteiger partial charge in [-0.25, -0.2) is 19.0 Å². The standard InChI is InChI=1S/C28H20ClF4N7O/c29-21-11-17(41-27-35-8-4-25(38-27)28(31,32)33)1-2-18(21)19-12-20-23(13-22(19)30)36-14-24-26(20)40(15-37-24)39-9-5-16(3-7-34)6-10-39/h1-2,4,8,11-16H,3,5-6,9-10H2. The third-order valence-corrected chi connectivity index (χ3v) is 7.40. The summed E-state index contributed by atoms with van der Waals surface area (Å²) in [5.41, 5.74) is 1.27. The average molecular weight is 582 g/mol. The largest absolute Gasteiger partial charge is 0.433 e. The number of hydrogen-bond acceptors (Lipinski definition) is 7. The lowest BCUT2D eigenvalue weighted by Crippen LogP contribution is -2.41. The summed E-state index contributed by atoms with van der Waals surface area (Å²) in [6.07, 6.45) is 1.90. The van der Waals surface area contributed by atoms with Gasteiger partial charge in [0.1, 0.15) is 28.9 Å². The van der Waals surface area contributed by atoms with Crippen molar-refractivity contribution in [2.75, 3.05) is 18.1 Å². The summed E-state index contributed by atoms with van der Waals surface area (Å²) in [4.78, 5) is 16.0. The van der Waals surface area contributed by atoms with Gasteiger partial charge in [0.15, 0.2) is 5.69 Å². The van der Waals surface area contributed by atoms with Gasteiger partial charge in [-0.05, 0) is 43.0 Å². The highest BCUT2D eigenvalue weighted by atomic mass is 35.5. The van der Waals surface area contributed by atoms with Gasteiger partial charge >= 0.3 is 12.2 Å². The summed E-state index contributed by atoms with van der Waals surface area (Å²) in [5.74, 6) is -0.106. The Morgan fingerprint density at radius 1 is 1.02 bits per heavy atom. The van der Waals surface area contributed by atoms with E-state index in [-0.39, 0.29) is 16.3 Å². The van der Waals surface area contributed by atoms with E-state index in [0.717, 1.165) is 43.7 Å². The number of hydrogen-bond donors (Lipinski definition) is 0. The lowest BCUT2D eigenvalue weighted by Gasteiger charge is -2.33. The van der Waals surface area contributed by atoms with Crippen LogP contribution in [0.15, 0.2) is 55.1 Å². The molecular weight excluding hydrogens is 562 g/mol. The summed E-state index contributed by atoms with van der Waals surface area (Å²) in [5, 5.41) is 12.0. The van der Waals surface area contributed by atoms with Crippen molar-refractivity contribution in [3.63, 3.8) is 0 Å². The summed E-state index contributed by atoms with van der Waals surface area (Å²) >= 11 is 6.51. The lowest BCUT2D eigenvalue weighted by atomic mass is 9.95. The van der Waals surface area contributed by atoms with Gasteiger partial charge in [0, 0.05) is 54.4 Å². The zero-order valence-electron chi connectivity index (χ0n) is 21.2. The molecule has 0 spiro atoms. The van der Waals surface area contributed by atoms with Crippen LogP contribution in [0.25, 0.3) is 33.1 Å². The first-order valence-corrected chi connectivity index (χ1v) is 13.0. The first-order valence-electron chi connectivity index (χ1n) is 12.7. The topological polar surface area (TPSA) is 92.8 Å². The fourth-order valence-corrected chi connectivity index (χ4v) is 5.29. The van der Waals surface area contributed by atoms with E-state index in [4.69, 9.17) is 21.6 Å². The SMILES string of the molecule is N#CCC1CCN(n2cnc3cnc4cc(F)c(-c5ccc(Oc6nccc(C(F)(F)F)n6)cc5Cl)cc4c32)CC1. The molecule has 0 N–H and O–H groups in total. The van der Waals surface area contributed by atoms with Crippen LogP contribution in [0.1, 0.15) is 25.0 Å². The molecule has 0 amide bonds. The number of halogens is 5. The molecule has 208 valence electrons. The molecular formula is C28H20ClF4N7O. The number of nitriles is 1. The van der Waals surface area contributed by atoms with Crippen LogP contribution in [0.3, 0.4) is 0 Å². The molecule has 4 heterocycles. The normalized spacial score (nSPS) is 14.5. The molecule has 8 nitrogen and oxygen atoms in total. The molecule has 1 aliphatic heterocycles. The Kier molecular flexibility index (Phi) is 6.83. The summed E-state index contributed by atoms with van der Waals surface area (Å²) in [7, 11) is 0. The lowest BCUT2D eigenvalue weighted by molar-refractivity contribution is -0.141. The molecule has 1 fully saturated rings. The second-order valence-electron chi connectivity index (χ2n) is 9.66. The highest BCUT2D eigenvalue weighted by molar-refractivity contribution is 6.33.